The third-order valence-electron chi connectivity index (χ3n) is 2.54. The first-order valence-corrected chi connectivity index (χ1v) is 6.90. The molecule has 0 N–H and O–H groups in total. The zero-order valence-corrected chi connectivity index (χ0v) is 11.6. The van der Waals surface area contributed by atoms with Crippen LogP contribution in [-0.4, -0.2) is 26.3 Å². The maximum atomic E-state index is 5.36. The summed E-state index contributed by atoms with van der Waals surface area (Å²) in [6.45, 7) is 3.62. The van der Waals surface area contributed by atoms with Gasteiger partial charge in [-0.1, -0.05) is 37.9 Å². The zero-order valence-electron chi connectivity index (χ0n) is 8.38. The monoisotopic (exact) mass is 333 g/mol. The van der Waals surface area contributed by atoms with Gasteiger partial charge in [0, 0.05) is 28.6 Å². The number of nitrogens with zero attached hydrogens (tertiary/aromatic N) is 1. The van der Waals surface area contributed by atoms with Crippen LogP contribution in [0.3, 0.4) is 0 Å². The third kappa shape index (κ3) is 2.74. The second-order valence-corrected chi connectivity index (χ2v) is 4.98. The number of hydrogen-bond acceptors (Lipinski definition) is 2. The summed E-state index contributed by atoms with van der Waals surface area (Å²) < 4.78 is 6.49. The van der Waals surface area contributed by atoms with E-state index in [1.165, 1.54) is 11.3 Å². The lowest BCUT2D eigenvalue weighted by Crippen LogP contribution is -2.36. The quantitative estimate of drug-likeness (QED) is 0.770. The van der Waals surface area contributed by atoms with E-state index >= 15 is 0 Å². The largest absolute Gasteiger partial charge is 0.378 e. The van der Waals surface area contributed by atoms with E-state index in [-0.39, 0.29) is 0 Å². The van der Waals surface area contributed by atoms with Gasteiger partial charge in [-0.25, -0.2) is 0 Å². The lowest BCUT2D eigenvalue weighted by atomic mass is 10.2. The Balaban J connectivity index is 2.27. The molecule has 0 aromatic heterocycles. The molecule has 0 bridgehead atoms. The Hall–Kier alpha value is -0.0600. The van der Waals surface area contributed by atoms with Crippen LogP contribution >= 0.6 is 31.9 Å². The average molecular weight is 335 g/mol. The second-order valence-electron chi connectivity index (χ2n) is 3.51. The molecule has 0 amide bonds. The minimum atomic E-state index is 0.828. The predicted molar refractivity (Wildman–Crippen MR) is 69.8 cm³/mol. The van der Waals surface area contributed by atoms with Gasteiger partial charge in [-0.15, -0.1) is 0 Å². The summed E-state index contributed by atoms with van der Waals surface area (Å²) in [5.41, 5.74) is 2.64. The normalized spacial score (nSPS) is 16.8. The van der Waals surface area contributed by atoms with Crippen molar-refractivity contribution in [3.05, 3.63) is 28.2 Å². The van der Waals surface area contributed by atoms with Gasteiger partial charge in [0.2, 0.25) is 0 Å². The summed E-state index contributed by atoms with van der Waals surface area (Å²) in [4.78, 5) is 2.38. The molecule has 1 aromatic rings. The highest BCUT2D eigenvalue weighted by Gasteiger charge is 2.14. The van der Waals surface area contributed by atoms with Crippen molar-refractivity contribution in [2.24, 2.45) is 0 Å². The van der Waals surface area contributed by atoms with E-state index < -0.39 is 0 Å². The Morgan fingerprint density at radius 2 is 2.00 bits per heavy atom. The second kappa shape index (κ2) is 5.32. The summed E-state index contributed by atoms with van der Waals surface area (Å²) in [5, 5.41) is 0.896. The summed E-state index contributed by atoms with van der Waals surface area (Å²) >= 11 is 7.05. The van der Waals surface area contributed by atoms with Crippen molar-refractivity contribution in [3.8, 4) is 0 Å². The Morgan fingerprint density at radius 3 is 2.67 bits per heavy atom. The zero-order chi connectivity index (χ0) is 10.7. The number of halogens is 2. The lowest BCUT2D eigenvalue weighted by molar-refractivity contribution is 0.122. The van der Waals surface area contributed by atoms with Crippen molar-refractivity contribution in [2.45, 2.75) is 5.33 Å². The van der Waals surface area contributed by atoms with Gasteiger partial charge in [0.15, 0.2) is 0 Å². The van der Waals surface area contributed by atoms with E-state index in [1.807, 2.05) is 0 Å². The van der Waals surface area contributed by atoms with Gasteiger partial charge in [0.25, 0.3) is 0 Å². The van der Waals surface area contributed by atoms with Gasteiger partial charge in [0.1, 0.15) is 0 Å². The van der Waals surface area contributed by atoms with E-state index in [9.17, 15) is 0 Å². The number of anilines is 1. The number of benzene rings is 1. The van der Waals surface area contributed by atoms with E-state index in [1.54, 1.807) is 0 Å². The maximum Gasteiger partial charge on any atom is 0.0642 e. The van der Waals surface area contributed by atoms with Crippen molar-refractivity contribution >= 4 is 37.5 Å². The Labute approximate surface area is 107 Å². The SMILES string of the molecule is BrCc1ccc(Br)cc1N1CCOCC1. The fraction of sp³-hybridized carbons (Fsp3) is 0.455. The maximum absolute atomic E-state index is 5.36. The van der Waals surface area contributed by atoms with Crippen molar-refractivity contribution in [3.63, 3.8) is 0 Å². The number of morpholine rings is 1. The molecule has 0 saturated carbocycles. The van der Waals surface area contributed by atoms with Gasteiger partial charge in [0.05, 0.1) is 13.2 Å². The molecule has 0 aliphatic carbocycles. The number of alkyl halides is 1. The van der Waals surface area contributed by atoms with Crippen LogP contribution in [-0.2, 0) is 10.1 Å². The molecule has 2 rings (SSSR count). The van der Waals surface area contributed by atoms with E-state index in [0.29, 0.717) is 0 Å². The molecular formula is C11H13Br2NO. The molecular weight excluding hydrogens is 322 g/mol. The molecule has 1 fully saturated rings. The fourth-order valence-corrected chi connectivity index (χ4v) is 2.57. The number of hydrogen-bond donors (Lipinski definition) is 0. The van der Waals surface area contributed by atoms with Crippen molar-refractivity contribution in [1.82, 2.24) is 0 Å². The molecule has 1 saturated heterocycles. The van der Waals surface area contributed by atoms with Crippen molar-refractivity contribution < 1.29 is 4.74 Å². The molecule has 82 valence electrons. The molecule has 1 aromatic carbocycles. The van der Waals surface area contributed by atoms with Crippen LogP contribution in [0.5, 0.6) is 0 Å². The minimum absolute atomic E-state index is 0.828. The lowest BCUT2D eigenvalue weighted by Gasteiger charge is -2.30. The van der Waals surface area contributed by atoms with Crippen LogP contribution in [0.1, 0.15) is 5.56 Å². The van der Waals surface area contributed by atoms with Gasteiger partial charge >= 0.3 is 0 Å². The molecule has 1 aliphatic heterocycles. The highest BCUT2D eigenvalue weighted by Crippen LogP contribution is 2.27. The molecule has 0 radical (unpaired) electrons. The Kier molecular flexibility index (Phi) is 4.05. The highest BCUT2D eigenvalue weighted by molar-refractivity contribution is 9.10. The standard InChI is InChI=1S/C11H13Br2NO/c12-8-9-1-2-10(13)7-11(9)14-3-5-15-6-4-14/h1-2,7H,3-6,8H2. The third-order valence-corrected chi connectivity index (χ3v) is 3.64. The van der Waals surface area contributed by atoms with E-state index in [4.69, 9.17) is 4.74 Å². The van der Waals surface area contributed by atoms with Crippen LogP contribution < -0.4 is 4.90 Å². The van der Waals surface area contributed by atoms with Gasteiger partial charge < -0.3 is 9.64 Å². The molecule has 2 nitrogen and oxygen atoms in total. The Bertz CT molecular complexity index is 337. The van der Waals surface area contributed by atoms with Crippen LogP contribution in [0.15, 0.2) is 22.7 Å². The number of rotatable bonds is 2. The first kappa shape index (κ1) is 11.4. The molecule has 1 aliphatic rings. The van der Waals surface area contributed by atoms with Crippen molar-refractivity contribution in [1.29, 1.82) is 0 Å². The molecule has 0 spiro atoms. The predicted octanol–water partition coefficient (Wildman–Crippen LogP) is 3.18. The van der Waals surface area contributed by atoms with Crippen LogP contribution in [0.2, 0.25) is 0 Å². The van der Waals surface area contributed by atoms with Gasteiger partial charge in [-0.05, 0) is 17.7 Å². The molecule has 15 heavy (non-hydrogen) atoms. The van der Waals surface area contributed by atoms with Crippen molar-refractivity contribution in [2.75, 3.05) is 31.2 Å². The topological polar surface area (TPSA) is 12.5 Å². The summed E-state index contributed by atoms with van der Waals surface area (Å²) in [5.74, 6) is 0. The summed E-state index contributed by atoms with van der Waals surface area (Å²) in [7, 11) is 0. The first-order valence-electron chi connectivity index (χ1n) is 4.98. The van der Waals surface area contributed by atoms with E-state index in [2.05, 4.69) is 55.0 Å². The average Bonchev–Trinajstić information content (AvgIpc) is 2.30. The van der Waals surface area contributed by atoms with E-state index in [0.717, 1.165) is 36.1 Å². The first-order chi connectivity index (χ1) is 7.31. The Morgan fingerprint density at radius 1 is 1.27 bits per heavy atom. The van der Waals surface area contributed by atoms with Crippen LogP contribution in [0.25, 0.3) is 0 Å². The molecule has 1 heterocycles. The van der Waals surface area contributed by atoms with Gasteiger partial charge in [-0.3, -0.25) is 0 Å². The number of ether oxygens (including phenoxy) is 1. The smallest absolute Gasteiger partial charge is 0.0642 e. The molecule has 4 heteroatoms. The summed E-state index contributed by atoms with van der Waals surface area (Å²) in [6.07, 6.45) is 0. The molecule has 0 unspecified atom stereocenters. The highest BCUT2D eigenvalue weighted by atomic mass is 79.9. The molecule has 0 atom stereocenters. The minimum Gasteiger partial charge on any atom is -0.378 e. The van der Waals surface area contributed by atoms with Gasteiger partial charge in [-0.2, -0.15) is 0 Å². The fourth-order valence-electron chi connectivity index (χ4n) is 1.75. The summed E-state index contributed by atoms with van der Waals surface area (Å²) in [6, 6.07) is 6.42. The van der Waals surface area contributed by atoms with Crippen LogP contribution in [0.4, 0.5) is 5.69 Å². The van der Waals surface area contributed by atoms with Crippen LogP contribution in [0, 0.1) is 0 Å².